The minimum atomic E-state index is -2.55. The van der Waals surface area contributed by atoms with Crippen molar-refractivity contribution < 1.29 is 33.0 Å². The molecule has 0 radical (unpaired) electrons. The van der Waals surface area contributed by atoms with E-state index >= 15 is 0 Å². The van der Waals surface area contributed by atoms with Gasteiger partial charge in [0, 0.05) is 32.0 Å². The molecule has 2 N–H and O–H groups in total. The Hall–Kier alpha value is -3.06. The molecule has 1 amide bonds. The summed E-state index contributed by atoms with van der Waals surface area (Å²) in [6, 6.07) is 17.8. The lowest BCUT2D eigenvalue weighted by molar-refractivity contribution is -0.130. The number of carbonyl (C=O) groups is 1. The molecule has 3 aromatic rings. The average Bonchev–Trinajstić information content (AvgIpc) is 2.96. The number of phenols is 1. The number of aromatic hydroxyl groups is 1. The highest BCUT2D eigenvalue weighted by molar-refractivity contribution is 6.76. The van der Waals surface area contributed by atoms with Gasteiger partial charge in [-0.05, 0) is 103 Å². The van der Waals surface area contributed by atoms with Gasteiger partial charge in [-0.25, -0.2) is 8.78 Å². The van der Waals surface area contributed by atoms with Gasteiger partial charge in [0.15, 0.2) is 15.1 Å². The highest BCUT2D eigenvalue weighted by Crippen LogP contribution is 2.51. The molecule has 1 fully saturated rings. The lowest BCUT2D eigenvalue weighted by atomic mass is 9.75. The van der Waals surface area contributed by atoms with Crippen LogP contribution in [0.1, 0.15) is 56.2 Å². The van der Waals surface area contributed by atoms with Gasteiger partial charge in [-0.2, -0.15) is 0 Å². The first kappa shape index (κ1) is 35.8. The highest BCUT2D eigenvalue weighted by Gasteiger charge is 2.50. The van der Waals surface area contributed by atoms with Crippen LogP contribution in [0.2, 0.25) is 43.8 Å². The van der Waals surface area contributed by atoms with Crippen LogP contribution in [0.5, 0.6) is 11.5 Å². The Morgan fingerprint density at radius 1 is 0.935 bits per heavy atom. The van der Waals surface area contributed by atoms with E-state index in [0.717, 1.165) is 17.2 Å². The second-order valence-electron chi connectivity index (χ2n) is 14.9. The third-order valence-electron chi connectivity index (χ3n) is 9.51. The molecule has 3 atom stereocenters. The van der Waals surface area contributed by atoms with Gasteiger partial charge in [-0.15, -0.1) is 0 Å². The van der Waals surface area contributed by atoms with Crippen LogP contribution >= 0.6 is 0 Å². The van der Waals surface area contributed by atoms with Crippen LogP contribution in [0.15, 0.2) is 66.7 Å². The maximum atomic E-state index is 13.9. The van der Waals surface area contributed by atoms with E-state index in [4.69, 9.17) is 9.47 Å². The van der Waals surface area contributed by atoms with Crippen molar-refractivity contribution in [2.24, 2.45) is 5.92 Å². The summed E-state index contributed by atoms with van der Waals surface area (Å²) in [5.41, 5.74) is 2.26. The molecular weight excluding hydrogens is 621 g/mol. The molecular formula is C36H49F2NO5Si2. The molecule has 1 aliphatic rings. The smallest absolute Gasteiger partial charge is 0.233 e. The molecule has 1 saturated heterocycles. The number of halogens is 2. The van der Waals surface area contributed by atoms with Crippen LogP contribution in [-0.4, -0.2) is 45.6 Å². The Morgan fingerprint density at radius 2 is 1.54 bits per heavy atom. The van der Waals surface area contributed by atoms with E-state index in [0.29, 0.717) is 37.3 Å². The van der Waals surface area contributed by atoms with E-state index in [1.165, 1.54) is 30.3 Å². The zero-order valence-electron chi connectivity index (χ0n) is 28.1. The summed E-state index contributed by atoms with van der Waals surface area (Å²) < 4.78 is 39.6. The first-order valence-corrected chi connectivity index (χ1v) is 22.7. The molecule has 3 aromatic carbocycles. The van der Waals surface area contributed by atoms with Crippen molar-refractivity contribution >= 4 is 28.0 Å². The molecule has 0 spiro atoms. The van der Waals surface area contributed by atoms with Crippen LogP contribution in [-0.2, 0) is 9.53 Å². The number of hydrogen-bond acceptors (Lipinski definition) is 5. The fourth-order valence-electron chi connectivity index (χ4n) is 5.88. The molecule has 0 bridgehead atoms. The molecule has 6 nitrogen and oxygen atoms in total. The third kappa shape index (κ3) is 8.84. The molecule has 250 valence electrons. The molecule has 0 saturated carbocycles. The van der Waals surface area contributed by atoms with Crippen LogP contribution in [0.3, 0.4) is 0 Å². The summed E-state index contributed by atoms with van der Waals surface area (Å²) in [5.74, 6) is -0.775. The van der Waals surface area contributed by atoms with E-state index in [-0.39, 0.29) is 35.2 Å². The molecule has 1 unspecified atom stereocenters. The number of benzene rings is 3. The van der Waals surface area contributed by atoms with Crippen molar-refractivity contribution in [1.29, 1.82) is 0 Å². The van der Waals surface area contributed by atoms with Gasteiger partial charge < -0.3 is 24.3 Å². The minimum Gasteiger partial charge on any atom is -0.508 e. The van der Waals surface area contributed by atoms with Crippen LogP contribution in [0.25, 0.3) is 0 Å². The fraction of sp³-hybridized carbons (Fsp3) is 0.472. The fourth-order valence-corrected chi connectivity index (χ4v) is 7.38. The minimum absolute atomic E-state index is 0.00533. The number of phenolic OH excluding ortho intramolecular Hbond substituents is 1. The zero-order valence-corrected chi connectivity index (χ0v) is 30.1. The summed E-state index contributed by atoms with van der Waals surface area (Å²) in [6.07, 6.45) is 1.85. The van der Waals surface area contributed by atoms with Crippen molar-refractivity contribution in [3.8, 4) is 11.5 Å². The third-order valence-corrected chi connectivity index (χ3v) is 14.7. The first-order chi connectivity index (χ1) is 21.5. The Morgan fingerprint density at radius 3 is 2.13 bits per heavy atom. The largest absolute Gasteiger partial charge is 0.508 e. The maximum Gasteiger partial charge on any atom is 0.233 e. The number of nitrogens with zero attached hydrogens (tertiary/aromatic N) is 1. The molecule has 1 aliphatic heterocycles. The van der Waals surface area contributed by atoms with Gasteiger partial charge >= 0.3 is 0 Å². The zero-order chi connectivity index (χ0) is 33.9. The number of amides is 1. The van der Waals surface area contributed by atoms with Crippen molar-refractivity contribution in [2.45, 2.75) is 88.9 Å². The van der Waals surface area contributed by atoms with Crippen LogP contribution in [0.4, 0.5) is 14.5 Å². The molecule has 0 aromatic heterocycles. The van der Waals surface area contributed by atoms with Gasteiger partial charge in [-0.3, -0.25) is 4.79 Å². The standard InChI is InChI=1S/C36H49F2NO5Si2/c1-36(2,46(6,7)42)23-26(25-8-11-27(37)12-9-25)10-18-32-34(39(35(32)41)29-15-13-28(38)14-16-29)31-19-17-30(40)22-33(31)44-24-43-20-21-45(3,4)5/h8-9,11-17,19,22,26,32,34,40,42H,10,18,20-21,23-24H2,1-7H3/t26-,32?,34-/m1/s1. The number of carbonyl (C=O) groups excluding carboxylic acids is 1. The number of β-lactam (4-membered cyclic amide) rings is 1. The number of rotatable bonds is 15. The summed E-state index contributed by atoms with van der Waals surface area (Å²) >= 11 is 0. The highest BCUT2D eigenvalue weighted by atomic mass is 28.4. The van der Waals surface area contributed by atoms with Crippen molar-refractivity contribution in [1.82, 2.24) is 0 Å². The topological polar surface area (TPSA) is 79.2 Å². The summed E-state index contributed by atoms with van der Waals surface area (Å²) in [5, 5.41) is 10.0. The molecule has 10 heteroatoms. The van der Waals surface area contributed by atoms with E-state index in [2.05, 4.69) is 33.5 Å². The predicted octanol–water partition coefficient (Wildman–Crippen LogP) is 9.00. The van der Waals surface area contributed by atoms with Gasteiger partial charge in [0.1, 0.15) is 23.1 Å². The van der Waals surface area contributed by atoms with E-state index in [9.17, 15) is 23.5 Å². The van der Waals surface area contributed by atoms with Gasteiger partial charge in [0.2, 0.25) is 5.91 Å². The normalized spacial score (nSPS) is 18.0. The maximum absolute atomic E-state index is 13.9. The Balaban J connectivity index is 1.63. The van der Waals surface area contributed by atoms with Crippen molar-refractivity contribution in [3.05, 3.63) is 89.5 Å². The summed E-state index contributed by atoms with van der Waals surface area (Å²) in [7, 11) is -3.84. The van der Waals surface area contributed by atoms with Gasteiger partial charge in [-0.1, -0.05) is 45.6 Å². The first-order valence-electron chi connectivity index (χ1n) is 16.1. The second-order valence-corrected chi connectivity index (χ2v) is 25.0. The molecule has 4 rings (SSSR count). The number of hydrogen-bond donors (Lipinski definition) is 2. The van der Waals surface area contributed by atoms with Crippen LogP contribution in [0, 0.1) is 17.6 Å². The second kappa shape index (κ2) is 14.4. The Labute approximate surface area is 274 Å². The van der Waals surface area contributed by atoms with Crippen LogP contribution < -0.4 is 9.64 Å². The predicted molar refractivity (Wildman–Crippen MR) is 185 cm³/mol. The Kier molecular flexibility index (Phi) is 11.2. The SMILES string of the molecule is CC(C)(C[C@@H](CCC1C(=O)N(c2ccc(F)cc2)[C@@H]1c1ccc(O)cc1OCOCC[Si](C)(C)C)c1ccc(F)cc1)[Si](C)(C)O. The van der Waals surface area contributed by atoms with E-state index in [1.807, 2.05) is 13.1 Å². The number of anilines is 1. The molecule has 46 heavy (non-hydrogen) atoms. The quantitative estimate of drug-likeness (QED) is 0.0731. The lowest BCUT2D eigenvalue weighted by Gasteiger charge is -2.48. The monoisotopic (exact) mass is 669 g/mol. The number of ether oxygens (including phenoxy) is 2. The average molecular weight is 670 g/mol. The Bertz CT molecular complexity index is 1470. The van der Waals surface area contributed by atoms with E-state index < -0.39 is 34.2 Å². The van der Waals surface area contributed by atoms with Gasteiger partial charge in [0.25, 0.3) is 0 Å². The lowest BCUT2D eigenvalue weighted by Crippen LogP contribution is -2.55. The van der Waals surface area contributed by atoms with E-state index in [1.54, 1.807) is 41.3 Å². The summed E-state index contributed by atoms with van der Waals surface area (Å²) in [6.45, 7) is 15.4. The van der Waals surface area contributed by atoms with Gasteiger partial charge in [0.05, 0.1) is 12.0 Å². The van der Waals surface area contributed by atoms with Crippen molar-refractivity contribution in [2.75, 3.05) is 18.3 Å². The molecule has 0 aliphatic carbocycles. The molecule has 1 heterocycles. The van der Waals surface area contributed by atoms with Crippen molar-refractivity contribution in [3.63, 3.8) is 0 Å². The summed E-state index contributed by atoms with van der Waals surface area (Å²) in [4.78, 5) is 26.6.